The number of anilines is 1. The van der Waals surface area contributed by atoms with E-state index in [1.54, 1.807) is 13.0 Å². The fraction of sp³-hybridized carbons (Fsp3) is 0.118. The molecule has 0 unspecified atom stereocenters. The average Bonchev–Trinajstić information content (AvgIpc) is 2.94. The smallest absolute Gasteiger partial charge is 0.271 e. The Morgan fingerprint density at radius 3 is 2.72 bits per heavy atom. The Hall–Kier alpha value is -2.87. The van der Waals surface area contributed by atoms with Crippen molar-refractivity contribution in [1.29, 1.82) is 0 Å². The number of aromatic nitrogens is 2. The molecule has 1 heterocycles. The van der Waals surface area contributed by atoms with Gasteiger partial charge in [0.1, 0.15) is 5.75 Å². The molecular formula is C17H15BrN4O3. The molecule has 7 nitrogen and oxygen atoms in total. The van der Waals surface area contributed by atoms with Gasteiger partial charge in [-0.05, 0) is 42.0 Å². The number of aryl methyl sites for hydroxylation is 1. The van der Waals surface area contributed by atoms with E-state index in [-0.39, 0.29) is 18.0 Å². The Bertz CT molecular complexity index is 968. The van der Waals surface area contributed by atoms with Gasteiger partial charge in [-0.2, -0.15) is 5.10 Å². The molecule has 0 bridgehead atoms. The lowest BCUT2D eigenvalue weighted by Gasteiger charge is -2.09. The molecule has 0 spiro atoms. The molecule has 2 aromatic carbocycles. The van der Waals surface area contributed by atoms with Gasteiger partial charge in [-0.1, -0.05) is 28.1 Å². The molecule has 8 heteroatoms. The third-order valence-electron chi connectivity index (χ3n) is 3.59. The summed E-state index contributed by atoms with van der Waals surface area (Å²) in [5.41, 5.74) is 6.02. The number of fused-ring (bicyclic) bond motifs is 1. The van der Waals surface area contributed by atoms with Crippen LogP contribution in [0.5, 0.6) is 5.75 Å². The average molecular weight is 403 g/mol. The first-order valence-electron chi connectivity index (χ1n) is 7.41. The van der Waals surface area contributed by atoms with Gasteiger partial charge < -0.3 is 15.8 Å². The van der Waals surface area contributed by atoms with Gasteiger partial charge in [-0.25, -0.2) is 0 Å². The van der Waals surface area contributed by atoms with Crippen LogP contribution >= 0.6 is 15.9 Å². The zero-order valence-electron chi connectivity index (χ0n) is 13.3. The van der Waals surface area contributed by atoms with Crippen LogP contribution < -0.4 is 15.8 Å². The van der Waals surface area contributed by atoms with Crippen LogP contribution in [0.1, 0.15) is 16.2 Å². The van der Waals surface area contributed by atoms with Crippen LogP contribution in [-0.2, 0) is 4.79 Å². The summed E-state index contributed by atoms with van der Waals surface area (Å²) < 4.78 is 6.52. The number of halogens is 1. The number of nitrogens with two attached hydrogens (primary N) is 1. The van der Waals surface area contributed by atoms with Crippen LogP contribution in [0.4, 0.5) is 5.69 Å². The maximum Gasteiger partial charge on any atom is 0.271 e. The van der Waals surface area contributed by atoms with Gasteiger partial charge in [0.15, 0.2) is 12.3 Å². The van der Waals surface area contributed by atoms with E-state index in [2.05, 4.69) is 31.4 Å². The number of nitrogens with zero attached hydrogens (tertiary/aromatic N) is 1. The highest BCUT2D eigenvalue weighted by molar-refractivity contribution is 9.10. The van der Waals surface area contributed by atoms with E-state index in [1.807, 2.05) is 30.3 Å². The van der Waals surface area contributed by atoms with Crippen LogP contribution in [0.2, 0.25) is 0 Å². The molecule has 0 aliphatic rings. The van der Waals surface area contributed by atoms with E-state index in [0.717, 1.165) is 15.2 Å². The maximum absolute atomic E-state index is 12.1. The summed E-state index contributed by atoms with van der Waals surface area (Å²) in [4.78, 5) is 23.4. The molecule has 0 aliphatic heterocycles. The van der Waals surface area contributed by atoms with Crippen molar-refractivity contribution in [3.63, 3.8) is 0 Å². The molecule has 128 valence electrons. The molecule has 0 atom stereocenters. The van der Waals surface area contributed by atoms with Crippen LogP contribution in [0.3, 0.4) is 0 Å². The minimum atomic E-state index is -0.721. The third-order valence-corrected chi connectivity index (χ3v) is 4.08. The van der Waals surface area contributed by atoms with E-state index < -0.39 is 11.8 Å². The van der Waals surface area contributed by atoms with Crippen molar-refractivity contribution in [3.05, 3.63) is 52.3 Å². The number of benzene rings is 2. The molecule has 25 heavy (non-hydrogen) atoms. The molecule has 0 fully saturated rings. The number of hydrogen-bond donors (Lipinski definition) is 3. The predicted octanol–water partition coefficient (Wildman–Crippen LogP) is 2.75. The number of carbonyl (C=O) groups is 2. The first kappa shape index (κ1) is 17.0. The van der Waals surface area contributed by atoms with Gasteiger partial charge in [0.05, 0.1) is 11.4 Å². The molecule has 1 aromatic heterocycles. The van der Waals surface area contributed by atoms with E-state index in [0.29, 0.717) is 11.4 Å². The lowest BCUT2D eigenvalue weighted by atomic mass is 10.1. The van der Waals surface area contributed by atoms with Gasteiger partial charge in [-0.15, -0.1) is 0 Å². The van der Waals surface area contributed by atoms with Crippen molar-refractivity contribution < 1.29 is 14.3 Å². The maximum atomic E-state index is 12.1. The van der Waals surface area contributed by atoms with Gasteiger partial charge >= 0.3 is 0 Å². The normalized spacial score (nSPS) is 10.6. The standard InChI is InChI=1S/C17H15BrN4O3/c1-9-15(16(17(19)24)22-21-9)20-14(23)8-25-13-5-3-10-6-12(18)4-2-11(10)7-13/h2-7H,8H2,1H3,(H2,19,24)(H,20,23)(H,21,22). The highest BCUT2D eigenvalue weighted by atomic mass is 79.9. The number of aromatic amines is 1. The van der Waals surface area contributed by atoms with Crippen molar-refractivity contribution in [1.82, 2.24) is 10.2 Å². The summed E-state index contributed by atoms with van der Waals surface area (Å²) in [6.07, 6.45) is 0. The summed E-state index contributed by atoms with van der Waals surface area (Å²) in [5, 5.41) is 11.0. The fourth-order valence-electron chi connectivity index (χ4n) is 2.37. The molecule has 0 saturated carbocycles. The molecule has 4 N–H and O–H groups in total. The Labute approximate surface area is 151 Å². The minimum Gasteiger partial charge on any atom is -0.484 e. The number of nitrogens with one attached hydrogen (secondary N) is 2. The van der Waals surface area contributed by atoms with E-state index in [4.69, 9.17) is 10.5 Å². The summed E-state index contributed by atoms with van der Waals surface area (Å²) in [7, 11) is 0. The molecule has 3 aromatic rings. The monoisotopic (exact) mass is 402 g/mol. The zero-order valence-corrected chi connectivity index (χ0v) is 14.9. The largest absolute Gasteiger partial charge is 0.484 e. The number of H-pyrrole nitrogens is 1. The van der Waals surface area contributed by atoms with E-state index in [1.165, 1.54) is 0 Å². The number of ether oxygens (including phenoxy) is 1. The predicted molar refractivity (Wildman–Crippen MR) is 97.6 cm³/mol. The quantitative estimate of drug-likeness (QED) is 0.609. The number of hydrogen-bond acceptors (Lipinski definition) is 4. The highest BCUT2D eigenvalue weighted by Crippen LogP contribution is 2.24. The molecular weight excluding hydrogens is 388 g/mol. The Morgan fingerprint density at radius 1 is 1.24 bits per heavy atom. The minimum absolute atomic E-state index is 0.0119. The second kappa shape index (κ2) is 6.94. The number of amides is 2. The van der Waals surface area contributed by atoms with Gasteiger partial charge in [0.25, 0.3) is 11.8 Å². The summed E-state index contributed by atoms with van der Waals surface area (Å²) in [5.74, 6) is -0.562. The van der Waals surface area contributed by atoms with E-state index >= 15 is 0 Å². The lowest BCUT2D eigenvalue weighted by molar-refractivity contribution is -0.118. The lowest BCUT2D eigenvalue weighted by Crippen LogP contribution is -2.23. The molecule has 0 radical (unpaired) electrons. The van der Waals surface area contributed by atoms with Crippen molar-refractivity contribution in [2.75, 3.05) is 11.9 Å². The van der Waals surface area contributed by atoms with Crippen LogP contribution in [0, 0.1) is 6.92 Å². The van der Waals surface area contributed by atoms with Crippen molar-refractivity contribution in [2.45, 2.75) is 6.92 Å². The second-order valence-corrected chi connectivity index (χ2v) is 6.34. The highest BCUT2D eigenvalue weighted by Gasteiger charge is 2.17. The molecule has 2 amide bonds. The van der Waals surface area contributed by atoms with E-state index in [9.17, 15) is 9.59 Å². The van der Waals surface area contributed by atoms with Crippen LogP contribution in [-0.4, -0.2) is 28.6 Å². The summed E-state index contributed by atoms with van der Waals surface area (Å²) in [6.45, 7) is 1.47. The topological polar surface area (TPSA) is 110 Å². The SMILES string of the molecule is Cc1[nH]nc(C(N)=O)c1NC(=O)COc1ccc2cc(Br)ccc2c1. The first-order valence-corrected chi connectivity index (χ1v) is 8.20. The molecule has 0 aliphatic carbocycles. The van der Waals surface area contributed by atoms with Gasteiger partial charge in [0.2, 0.25) is 0 Å². The Kier molecular flexibility index (Phi) is 4.71. The van der Waals surface area contributed by atoms with Gasteiger partial charge in [0, 0.05) is 4.47 Å². The van der Waals surface area contributed by atoms with Gasteiger partial charge in [-0.3, -0.25) is 14.7 Å². The third kappa shape index (κ3) is 3.80. The summed E-state index contributed by atoms with van der Waals surface area (Å²) >= 11 is 3.43. The van der Waals surface area contributed by atoms with Crippen molar-refractivity contribution >= 4 is 44.2 Å². The Balaban J connectivity index is 1.67. The molecule has 3 rings (SSSR count). The second-order valence-electron chi connectivity index (χ2n) is 5.43. The number of primary amides is 1. The Morgan fingerprint density at radius 2 is 1.96 bits per heavy atom. The summed E-state index contributed by atoms with van der Waals surface area (Å²) in [6, 6.07) is 11.5. The number of rotatable bonds is 5. The van der Waals surface area contributed by atoms with Crippen molar-refractivity contribution in [3.8, 4) is 5.75 Å². The number of carbonyl (C=O) groups excluding carboxylic acids is 2. The molecule has 0 saturated heterocycles. The first-order chi connectivity index (χ1) is 11.9. The zero-order chi connectivity index (χ0) is 18.0. The van der Waals surface area contributed by atoms with Crippen LogP contribution in [0.15, 0.2) is 40.9 Å². The fourth-order valence-corrected chi connectivity index (χ4v) is 2.75. The van der Waals surface area contributed by atoms with Crippen molar-refractivity contribution in [2.24, 2.45) is 5.73 Å². The van der Waals surface area contributed by atoms with Crippen LogP contribution in [0.25, 0.3) is 10.8 Å².